The second kappa shape index (κ2) is 34.6. The summed E-state index contributed by atoms with van der Waals surface area (Å²) in [5, 5.41) is 16.9. The molecule has 0 saturated heterocycles. The van der Waals surface area contributed by atoms with E-state index in [1.807, 2.05) is 0 Å². The number of carboxylic acids is 2. The molecule has 264 valence electrons. The lowest BCUT2D eigenvalue weighted by Crippen LogP contribution is -2.17. The summed E-state index contributed by atoms with van der Waals surface area (Å²) in [6, 6.07) is 0. The smallest absolute Gasteiger partial charge is 0.372 e. The predicted molar refractivity (Wildman–Crippen MR) is 153 cm³/mol. The van der Waals surface area contributed by atoms with Crippen molar-refractivity contribution in [2.45, 2.75) is 19.3 Å². The van der Waals surface area contributed by atoms with Gasteiger partial charge in [-0.15, -0.1) is 0 Å². The van der Waals surface area contributed by atoms with Crippen molar-refractivity contribution in [2.24, 2.45) is 0 Å². The summed E-state index contributed by atoms with van der Waals surface area (Å²) in [6.45, 7) is 7.92. The number of Topliss-reactive ketones (excluding diaryl/α,β-unsaturated/α-hetero) is 1. The molecule has 0 saturated carbocycles. The van der Waals surface area contributed by atoms with Gasteiger partial charge in [0.2, 0.25) is 5.78 Å². The Kier molecular flexibility index (Phi) is 32.8. The van der Waals surface area contributed by atoms with Gasteiger partial charge < -0.3 is 62.3 Å². The molecular formula is C28H50O17. The van der Waals surface area contributed by atoms with Crippen LogP contribution in [0, 0.1) is 0 Å². The number of carboxylic acid groups (broad SMARTS) is 2. The summed E-state index contributed by atoms with van der Waals surface area (Å²) >= 11 is 0. The topological polar surface area (TPSA) is 210 Å². The van der Waals surface area contributed by atoms with Gasteiger partial charge in [-0.3, -0.25) is 14.4 Å². The Balaban J connectivity index is 3.13. The van der Waals surface area contributed by atoms with Crippen LogP contribution in [0.25, 0.3) is 0 Å². The van der Waals surface area contributed by atoms with Crippen LogP contribution in [0.4, 0.5) is 0 Å². The molecule has 0 aromatic heterocycles. The van der Waals surface area contributed by atoms with Crippen molar-refractivity contribution in [1.82, 2.24) is 0 Å². The third kappa shape index (κ3) is 36.0. The van der Waals surface area contributed by atoms with Gasteiger partial charge in [0.1, 0.15) is 6.61 Å². The predicted octanol–water partition coefficient (Wildman–Crippen LogP) is -0.396. The summed E-state index contributed by atoms with van der Waals surface area (Å²) in [5.41, 5.74) is 0. The highest BCUT2D eigenvalue weighted by molar-refractivity contribution is 6.32. The van der Waals surface area contributed by atoms with Crippen molar-refractivity contribution < 1.29 is 81.5 Å². The number of hydrogen-bond acceptors (Lipinski definition) is 15. The summed E-state index contributed by atoms with van der Waals surface area (Å²) < 4.78 is 58.3. The van der Waals surface area contributed by atoms with Gasteiger partial charge in [0.05, 0.1) is 145 Å². The molecule has 0 aromatic rings. The van der Waals surface area contributed by atoms with Gasteiger partial charge in [0.25, 0.3) is 0 Å². The van der Waals surface area contributed by atoms with Crippen molar-refractivity contribution in [3.63, 3.8) is 0 Å². The average molecular weight is 659 g/mol. The molecule has 17 heteroatoms. The molecular weight excluding hydrogens is 608 g/mol. The van der Waals surface area contributed by atoms with Crippen LogP contribution in [0.15, 0.2) is 0 Å². The third-order valence-electron chi connectivity index (χ3n) is 5.09. The minimum Gasteiger partial charge on any atom is -0.481 e. The fourth-order valence-electron chi connectivity index (χ4n) is 2.85. The quantitative estimate of drug-likeness (QED) is 0.0494. The maximum Gasteiger partial charge on any atom is 0.372 e. The first-order valence-corrected chi connectivity index (χ1v) is 14.8. The van der Waals surface area contributed by atoms with E-state index in [0.29, 0.717) is 119 Å². The van der Waals surface area contributed by atoms with E-state index in [1.165, 1.54) is 0 Å². The van der Waals surface area contributed by atoms with Crippen LogP contribution in [0.5, 0.6) is 0 Å². The second-order valence-corrected chi connectivity index (χ2v) is 8.72. The Hall–Kier alpha value is -2.32. The van der Waals surface area contributed by atoms with Crippen molar-refractivity contribution in [3.8, 4) is 0 Å². The monoisotopic (exact) mass is 658 g/mol. The number of ether oxygens (including phenoxy) is 11. The fourth-order valence-corrected chi connectivity index (χ4v) is 2.85. The van der Waals surface area contributed by atoms with Crippen molar-refractivity contribution >= 4 is 23.7 Å². The lowest BCUT2D eigenvalue weighted by molar-refractivity contribution is -0.151. The molecule has 17 nitrogen and oxygen atoms in total. The Morgan fingerprint density at radius 1 is 0.333 bits per heavy atom. The normalized spacial score (nSPS) is 11.1. The number of hydrogen-bond donors (Lipinski definition) is 2. The highest BCUT2D eigenvalue weighted by atomic mass is 16.6. The second-order valence-electron chi connectivity index (χ2n) is 8.72. The number of rotatable bonds is 37. The van der Waals surface area contributed by atoms with E-state index >= 15 is 0 Å². The standard InChI is InChI=1S/C28H50O17/c29-25(28(33)34)1-2-27(32)45-24-23-44-22-21-43-20-19-42-18-17-41-16-15-40-14-13-39-12-11-38-10-9-37-8-7-36-6-5-35-4-3-26(30)31/h1-24H2,(H,30,31)(H,33,34). The molecule has 0 unspecified atom stereocenters. The van der Waals surface area contributed by atoms with E-state index in [4.69, 9.17) is 62.3 Å². The number of carbonyl (C=O) groups is 4. The maximum atomic E-state index is 11.3. The molecule has 0 spiro atoms. The van der Waals surface area contributed by atoms with Crippen LogP contribution >= 0.6 is 0 Å². The van der Waals surface area contributed by atoms with E-state index in [2.05, 4.69) is 0 Å². The van der Waals surface area contributed by atoms with E-state index in [-0.39, 0.29) is 32.7 Å². The average Bonchev–Trinajstić information content (AvgIpc) is 3.01. The number of carbonyl (C=O) groups excluding carboxylic acids is 2. The lowest BCUT2D eigenvalue weighted by atomic mass is 10.2. The fraction of sp³-hybridized carbons (Fsp3) is 0.857. The molecule has 0 aliphatic rings. The highest BCUT2D eigenvalue weighted by Gasteiger charge is 2.14. The van der Waals surface area contributed by atoms with Gasteiger partial charge in [0, 0.05) is 6.42 Å². The largest absolute Gasteiger partial charge is 0.481 e. The molecule has 0 aromatic carbocycles. The Morgan fingerprint density at radius 2 is 0.600 bits per heavy atom. The van der Waals surface area contributed by atoms with Crippen LogP contribution in [0.2, 0.25) is 0 Å². The summed E-state index contributed by atoms with van der Waals surface area (Å²) in [4.78, 5) is 42.9. The van der Waals surface area contributed by atoms with Crippen LogP contribution in [0.1, 0.15) is 19.3 Å². The zero-order valence-corrected chi connectivity index (χ0v) is 26.0. The van der Waals surface area contributed by atoms with E-state index in [1.54, 1.807) is 0 Å². The summed E-state index contributed by atoms with van der Waals surface area (Å²) in [7, 11) is 0. The molecule has 0 fully saturated rings. The molecule has 0 amide bonds. The molecule has 0 aliphatic heterocycles. The Morgan fingerprint density at radius 3 is 0.867 bits per heavy atom. The first-order chi connectivity index (χ1) is 21.9. The SMILES string of the molecule is O=C(O)CCOCCOCCOCCOCCOCCOCCOCCOCCOCCOCCOC(=O)CCC(=O)C(=O)O. The first kappa shape index (κ1) is 42.7. The zero-order chi connectivity index (χ0) is 33.1. The van der Waals surface area contributed by atoms with Crippen LogP contribution < -0.4 is 0 Å². The molecule has 0 aliphatic carbocycles. The molecule has 0 rings (SSSR count). The third-order valence-corrected chi connectivity index (χ3v) is 5.09. The van der Waals surface area contributed by atoms with E-state index in [9.17, 15) is 19.2 Å². The van der Waals surface area contributed by atoms with Crippen molar-refractivity contribution in [3.05, 3.63) is 0 Å². The summed E-state index contributed by atoms with van der Waals surface area (Å²) in [5.74, 6) is -4.14. The molecule has 0 atom stereocenters. The minimum atomic E-state index is -1.57. The van der Waals surface area contributed by atoms with Crippen LogP contribution in [0.3, 0.4) is 0 Å². The van der Waals surface area contributed by atoms with E-state index in [0.717, 1.165) is 0 Å². The molecule has 0 heterocycles. The first-order valence-electron chi connectivity index (χ1n) is 14.8. The van der Waals surface area contributed by atoms with Gasteiger partial charge in [-0.2, -0.15) is 0 Å². The van der Waals surface area contributed by atoms with Crippen LogP contribution in [-0.4, -0.2) is 173 Å². The van der Waals surface area contributed by atoms with Crippen LogP contribution in [-0.2, 0) is 71.3 Å². The van der Waals surface area contributed by atoms with Gasteiger partial charge in [-0.1, -0.05) is 0 Å². The highest BCUT2D eigenvalue weighted by Crippen LogP contribution is 1.95. The van der Waals surface area contributed by atoms with Gasteiger partial charge in [-0.05, 0) is 0 Å². The number of esters is 1. The van der Waals surface area contributed by atoms with Gasteiger partial charge >= 0.3 is 17.9 Å². The maximum absolute atomic E-state index is 11.3. The van der Waals surface area contributed by atoms with Crippen molar-refractivity contribution in [2.75, 3.05) is 139 Å². The molecule has 0 radical (unpaired) electrons. The number of ketones is 1. The van der Waals surface area contributed by atoms with Gasteiger partial charge in [0.15, 0.2) is 0 Å². The van der Waals surface area contributed by atoms with E-state index < -0.39 is 30.1 Å². The molecule has 45 heavy (non-hydrogen) atoms. The molecule has 2 N–H and O–H groups in total. The Labute approximate surface area is 263 Å². The molecule has 0 bridgehead atoms. The lowest BCUT2D eigenvalue weighted by Gasteiger charge is -2.09. The zero-order valence-electron chi connectivity index (χ0n) is 26.0. The number of aliphatic carboxylic acids is 2. The summed E-state index contributed by atoms with van der Waals surface area (Å²) in [6.07, 6.45) is -0.684. The Bertz CT molecular complexity index is 721. The van der Waals surface area contributed by atoms with Gasteiger partial charge in [-0.25, -0.2) is 4.79 Å². The minimum absolute atomic E-state index is 0.00801. The van der Waals surface area contributed by atoms with Crippen molar-refractivity contribution in [1.29, 1.82) is 0 Å².